The highest BCUT2D eigenvalue weighted by Crippen LogP contribution is 2.33. The third kappa shape index (κ3) is 1.80. The van der Waals surface area contributed by atoms with E-state index in [4.69, 9.17) is 0 Å². The van der Waals surface area contributed by atoms with Crippen molar-refractivity contribution in [2.75, 3.05) is 5.75 Å². The molecule has 0 fully saturated rings. The molecule has 0 amide bonds. The molecule has 1 nitrogen and oxygen atoms in total. The maximum absolute atomic E-state index is 4.25. The summed E-state index contributed by atoms with van der Waals surface area (Å²) in [5, 5.41) is 0. The van der Waals surface area contributed by atoms with E-state index in [9.17, 15) is 0 Å². The molecule has 3 heteroatoms. The fourth-order valence-electron chi connectivity index (χ4n) is 0.793. The van der Waals surface area contributed by atoms with Crippen LogP contribution in [0.3, 0.4) is 0 Å². The number of rotatable bonds is 1. The Morgan fingerprint density at radius 2 is 2.50 bits per heavy atom. The van der Waals surface area contributed by atoms with E-state index in [0.717, 1.165) is 5.75 Å². The predicted molar refractivity (Wildman–Crippen MR) is 52.1 cm³/mol. The summed E-state index contributed by atoms with van der Waals surface area (Å²) in [6, 6.07) is 0. The lowest BCUT2D eigenvalue weighted by Crippen LogP contribution is -2.25. The van der Waals surface area contributed by atoms with Gasteiger partial charge in [-0.25, -0.2) is 0 Å². The van der Waals surface area contributed by atoms with E-state index in [1.165, 1.54) is 4.91 Å². The van der Waals surface area contributed by atoms with Crippen LogP contribution in [0.5, 0.6) is 0 Å². The van der Waals surface area contributed by atoms with Gasteiger partial charge in [-0.2, -0.15) is 12.6 Å². The van der Waals surface area contributed by atoms with E-state index >= 15 is 0 Å². The highest BCUT2D eigenvalue weighted by Gasteiger charge is 2.23. The molecule has 10 heavy (non-hydrogen) atoms. The van der Waals surface area contributed by atoms with Crippen LogP contribution >= 0.6 is 24.4 Å². The van der Waals surface area contributed by atoms with Crippen LogP contribution in [-0.4, -0.2) is 16.7 Å². The predicted octanol–water partition coefficient (Wildman–Crippen LogP) is 2.35. The lowest BCUT2D eigenvalue weighted by molar-refractivity contribution is 0.989. The SMILES string of the molecule is CC1=CN=CC(C)(CS)S1. The topological polar surface area (TPSA) is 12.4 Å². The van der Waals surface area contributed by atoms with Crippen molar-refractivity contribution in [1.29, 1.82) is 0 Å². The maximum Gasteiger partial charge on any atom is 0.0614 e. The van der Waals surface area contributed by atoms with Crippen molar-refractivity contribution in [2.45, 2.75) is 18.6 Å². The van der Waals surface area contributed by atoms with E-state index in [-0.39, 0.29) is 4.75 Å². The number of nitrogens with zero attached hydrogens (tertiary/aromatic N) is 1. The molecule has 1 unspecified atom stereocenters. The molecule has 0 aromatic rings. The van der Waals surface area contributed by atoms with Crippen LogP contribution in [0.4, 0.5) is 0 Å². The zero-order chi connectivity index (χ0) is 7.61. The van der Waals surface area contributed by atoms with Crippen LogP contribution < -0.4 is 0 Å². The number of aliphatic imine (C=N–C) groups is 1. The Bertz CT molecular complexity index is 186. The maximum atomic E-state index is 4.25. The van der Waals surface area contributed by atoms with Gasteiger partial charge in [0.15, 0.2) is 0 Å². The van der Waals surface area contributed by atoms with E-state index in [0.29, 0.717) is 0 Å². The normalized spacial score (nSPS) is 32.1. The average molecular weight is 173 g/mol. The van der Waals surface area contributed by atoms with Gasteiger partial charge in [0, 0.05) is 23.1 Å². The van der Waals surface area contributed by atoms with Crippen molar-refractivity contribution >= 4 is 30.6 Å². The molecule has 0 saturated carbocycles. The van der Waals surface area contributed by atoms with E-state index in [2.05, 4.69) is 31.5 Å². The molecule has 0 N–H and O–H groups in total. The summed E-state index contributed by atoms with van der Waals surface area (Å²) in [6.07, 6.45) is 3.84. The number of thiol groups is 1. The van der Waals surface area contributed by atoms with Crippen molar-refractivity contribution in [3.63, 3.8) is 0 Å². The number of hydrogen-bond donors (Lipinski definition) is 1. The van der Waals surface area contributed by atoms with E-state index in [1.54, 1.807) is 0 Å². The molecule has 0 bridgehead atoms. The minimum absolute atomic E-state index is 0.113. The third-order valence-corrected chi connectivity index (χ3v) is 3.33. The smallest absolute Gasteiger partial charge is 0.0614 e. The summed E-state index contributed by atoms with van der Waals surface area (Å²) in [7, 11) is 0. The summed E-state index contributed by atoms with van der Waals surface area (Å²) in [5.41, 5.74) is 0. The minimum atomic E-state index is 0.113. The standard InChI is InChI=1S/C7H11NS2/c1-6-3-8-4-7(2,5-9)10-6/h3-4,9H,5H2,1-2H3. The number of allylic oxidation sites excluding steroid dienone is 1. The Hall–Kier alpha value is 0.110. The van der Waals surface area contributed by atoms with Crippen molar-refractivity contribution in [1.82, 2.24) is 0 Å². The highest BCUT2D eigenvalue weighted by atomic mass is 32.2. The summed E-state index contributed by atoms with van der Waals surface area (Å²) >= 11 is 6.07. The molecule has 0 saturated heterocycles. The van der Waals surface area contributed by atoms with Gasteiger partial charge in [0.1, 0.15) is 0 Å². The number of thioether (sulfide) groups is 1. The second kappa shape index (κ2) is 3.01. The molecule has 1 heterocycles. The van der Waals surface area contributed by atoms with Crippen molar-refractivity contribution in [3.05, 3.63) is 11.1 Å². The third-order valence-electron chi connectivity index (χ3n) is 1.31. The zero-order valence-corrected chi connectivity index (χ0v) is 7.88. The molecular formula is C7H11NS2. The highest BCUT2D eigenvalue weighted by molar-refractivity contribution is 8.05. The Kier molecular flexibility index (Phi) is 2.47. The van der Waals surface area contributed by atoms with Gasteiger partial charge in [-0.05, 0) is 13.8 Å². The lowest BCUT2D eigenvalue weighted by atomic mass is 10.2. The summed E-state index contributed by atoms with van der Waals surface area (Å²) in [6.45, 7) is 4.22. The molecule has 56 valence electrons. The van der Waals surface area contributed by atoms with Crippen LogP contribution in [0.25, 0.3) is 0 Å². The van der Waals surface area contributed by atoms with Gasteiger partial charge in [-0.15, -0.1) is 11.8 Å². The van der Waals surface area contributed by atoms with E-state index < -0.39 is 0 Å². The molecule has 1 atom stereocenters. The van der Waals surface area contributed by atoms with Gasteiger partial charge in [-0.3, -0.25) is 4.99 Å². The molecule has 1 aliphatic heterocycles. The van der Waals surface area contributed by atoms with Gasteiger partial charge in [0.2, 0.25) is 0 Å². The van der Waals surface area contributed by atoms with Crippen LogP contribution in [0.2, 0.25) is 0 Å². The van der Waals surface area contributed by atoms with Gasteiger partial charge < -0.3 is 0 Å². The van der Waals surface area contributed by atoms with Crippen LogP contribution in [0.15, 0.2) is 16.1 Å². The Labute approximate surface area is 71.4 Å². The Balaban J connectivity index is 2.71. The lowest BCUT2D eigenvalue weighted by Gasteiger charge is -2.24. The van der Waals surface area contributed by atoms with Crippen LogP contribution in [0, 0.1) is 0 Å². The molecule has 1 rings (SSSR count). The van der Waals surface area contributed by atoms with Crippen molar-refractivity contribution in [3.8, 4) is 0 Å². The first kappa shape index (κ1) is 8.21. The molecule has 0 aliphatic carbocycles. The van der Waals surface area contributed by atoms with Crippen LogP contribution in [0.1, 0.15) is 13.8 Å². The van der Waals surface area contributed by atoms with Crippen molar-refractivity contribution < 1.29 is 0 Å². The average Bonchev–Trinajstić information content (AvgIpc) is 1.88. The monoisotopic (exact) mass is 173 g/mol. The fraction of sp³-hybridized carbons (Fsp3) is 0.571. The summed E-state index contributed by atoms with van der Waals surface area (Å²) < 4.78 is 0.113. The molecular weight excluding hydrogens is 162 g/mol. The second-order valence-corrected chi connectivity index (χ2v) is 4.69. The first-order valence-corrected chi connectivity index (χ1v) is 4.62. The summed E-state index contributed by atoms with van der Waals surface area (Å²) in [5.74, 6) is 0.840. The summed E-state index contributed by atoms with van der Waals surface area (Å²) in [4.78, 5) is 5.39. The quantitative estimate of drug-likeness (QED) is 0.600. The van der Waals surface area contributed by atoms with Gasteiger partial charge >= 0.3 is 0 Å². The van der Waals surface area contributed by atoms with Crippen molar-refractivity contribution in [2.24, 2.45) is 4.99 Å². The molecule has 1 aliphatic rings. The largest absolute Gasteiger partial charge is 0.267 e. The molecule has 0 aromatic carbocycles. The van der Waals surface area contributed by atoms with Gasteiger partial charge in [-0.1, -0.05) is 0 Å². The van der Waals surface area contributed by atoms with Gasteiger partial charge in [0.25, 0.3) is 0 Å². The zero-order valence-electron chi connectivity index (χ0n) is 6.16. The Morgan fingerprint density at radius 1 is 1.80 bits per heavy atom. The number of hydrogen-bond acceptors (Lipinski definition) is 3. The minimum Gasteiger partial charge on any atom is -0.267 e. The Morgan fingerprint density at radius 3 is 2.90 bits per heavy atom. The van der Waals surface area contributed by atoms with E-state index in [1.807, 2.05) is 24.2 Å². The first-order chi connectivity index (χ1) is 4.66. The van der Waals surface area contributed by atoms with Gasteiger partial charge in [0.05, 0.1) is 4.75 Å². The fourth-order valence-corrected chi connectivity index (χ4v) is 2.10. The first-order valence-electron chi connectivity index (χ1n) is 3.17. The molecule has 0 radical (unpaired) electrons. The molecule has 0 spiro atoms. The molecule has 0 aromatic heterocycles. The van der Waals surface area contributed by atoms with Crippen LogP contribution in [-0.2, 0) is 0 Å². The second-order valence-electron chi connectivity index (χ2n) is 2.59.